The minimum atomic E-state index is -3.64. The summed E-state index contributed by atoms with van der Waals surface area (Å²) in [6.07, 6.45) is 9.18. The van der Waals surface area contributed by atoms with Crippen LogP contribution in [0.5, 0.6) is 5.88 Å². The Balaban J connectivity index is 1.17. The molecule has 272 valence electrons. The first-order valence-corrected chi connectivity index (χ1v) is 19.2. The van der Waals surface area contributed by atoms with Crippen LogP contribution >= 0.6 is 0 Å². The molecule has 2 N–H and O–H groups in total. The minimum absolute atomic E-state index is 0.100. The van der Waals surface area contributed by atoms with Crippen molar-refractivity contribution < 1.29 is 36.7 Å². The highest BCUT2D eigenvalue weighted by Crippen LogP contribution is 2.35. The Labute approximate surface area is 292 Å². The summed E-state index contributed by atoms with van der Waals surface area (Å²) in [5.41, 5.74) is 4.97. The summed E-state index contributed by atoms with van der Waals surface area (Å²) in [7, 11) is -2.24. The molecule has 0 radical (unpaired) electrons. The highest BCUT2D eigenvalue weighted by Gasteiger charge is 2.24. The van der Waals surface area contributed by atoms with Crippen molar-refractivity contribution in [1.29, 1.82) is 0 Å². The number of hydrogen-bond donors (Lipinski definition) is 2. The average molecular weight is 716 g/mol. The number of rotatable bonds is 13. The summed E-state index contributed by atoms with van der Waals surface area (Å²) in [5.74, 6) is 0.546. The van der Waals surface area contributed by atoms with E-state index in [1.807, 2.05) is 4.90 Å². The third kappa shape index (κ3) is 9.54. The summed E-state index contributed by atoms with van der Waals surface area (Å²) in [4.78, 5) is 36.2. The molecule has 3 aliphatic rings. The second-order valence-electron chi connectivity index (χ2n) is 13.1. The zero-order chi connectivity index (χ0) is 35.1. The largest absolute Gasteiger partial charge is 0.480 e. The number of anilines is 2. The first kappa shape index (κ1) is 36.1. The normalized spacial score (nSPS) is 19.4. The van der Waals surface area contributed by atoms with Gasteiger partial charge in [0.2, 0.25) is 27.8 Å². The highest BCUT2D eigenvalue weighted by molar-refractivity contribution is 7.92. The van der Waals surface area contributed by atoms with Crippen molar-refractivity contribution in [3.63, 3.8) is 0 Å². The molecule has 1 amide bonds. The fourth-order valence-corrected chi connectivity index (χ4v) is 7.27. The molecule has 3 aromatic rings. The molecular weight excluding hydrogens is 669 g/mol. The van der Waals surface area contributed by atoms with E-state index in [9.17, 15) is 13.2 Å². The lowest BCUT2D eigenvalue weighted by Gasteiger charge is -2.32. The second kappa shape index (κ2) is 16.5. The topological polar surface area (TPSA) is 157 Å². The van der Waals surface area contributed by atoms with Crippen LogP contribution in [-0.4, -0.2) is 99.8 Å². The number of likely N-dealkylation sites (tertiary alicyclic amines) is 1. The molecule has 16 heteroatoms. The molecule has 50 heavy (non-hydrogen) atoms. The monoisotopic (exact) mass is 715 g/mol. The molecule has 1 atom stereocenters. The summed E-state index contributed by atoms with van der Waals surface area (Å²) in [6.45, 7) is 5.10. The van der Waals surface area contributed by atoms with Gasteiger partial charge in [-0.1, -0.05) is 0 Å². The zero-order valence-electron chi connectivity index (χ0n) is 28.7. The molecule has 3 saturated heterocycles. The van der Waals surface area contributed by atoms with Crippen LogP contribution in [0, 0.1) is 11.7 Å². The van der Waals surface area contributed by atoms with E-state index < -0.39 is 15.8 Å². The smallest absolute Gasteiger partial charge is 0.243 e. The first-order chi connectivity index (χ1) is 24.1. The van der Waals surface area contributed by atoms with Crippen molar-refractivity contribution in [3.8, 4) is 17.1 Å². The Hall–Kier alpha value is -3.70. The third-order valence-electron chi connectivity index (χ3n) is 9.30. The standard InChI is InChI=1S/C34H46FN7O7S/c1-46-33-28(40-50(2,44)45)19-24(21-36-33)31-27-20-26(35)18-25(32(27)38-34(37-31)42-13-16-47-17-14-42)22-41-11-9-23(10-12-41)6-5-7-29(43)39-49-30-8-3-4-15-48-30/h18-21,23,30,40H,3-17,22H2,1-2H3,(H,39,43). The highest BCUT2D eigenvalue weighted by atomic mass is 32.2. The molecule has 0 saturated carbocycles. The van der Waals surface area contributed by atoms with Crippen LogP contribution in [0.3, 0.4) is 0 Å². The van der Waals surface area contributed by atoms with Crippen LogP contribution < -0.4 is 19.8 Å². The van der Waals surface area contributed by atoms with Gasteiger partial charge < -0.3 is 19.1 Å². The molecule has 1 unspecified atom stereocenters. The number of carbonyl (C=O) groups is 1. The maximum atomic E-state index is 15.4. The Morgan fingerprint density at radius 3 is 2.58 bits per heavy atom. The number of methoxy groups -OCH3 is 1. The lowest BCUT2D eigenvalue weighted by molar-refractivity contribution is -0.200. The molecule has 3 fully saturated rings. The molecular formula is C34H46FN7O7S. The van der Waals surface area contributed by atoms with E-state index in [0.717, 1.165) is 69.9 Å². The molecule has 3 aliphatic heterocycles. The average Bonchev–Trinajstić information content (AvgIpc) is 3.11. The zero-order valence-corrected chi connectivity index (χ0v) is 29.5. The molecule has 0 bridgehead atoms. The Morgan fingerprint density at radius 2 is 1.86 bits per heavy atom. The summed E-state index contributed by atoms with van der Waals surface area (Å²) in [5, 5.41) is 0.501. The van der Waals surface area contributed by atoms with Crippen molar-refractivity contribution in [2.24, 2.45) is 5.92 Å². The van der Waals surface area contributed by atoms with Gasteiger partial charge in [0.15, 0.2) is 6.29 Å². The van der Waals surface area contributed by atoms with Gasteiger partial charge in [-0.05, 0) is 81.3 Å². The van der Waals surface area contributed by atoms with E-state index in [1.165, 1.54) is 25.4 Å². The number of sulfonamides is 1. The molecule has 6 rings (SSSR count). The van der Waals surface area contributed by atoms with Crippen LogP contribution in [0.25, 0.3) is 22.2 Å². The van der Waals surface area contributed by atoms with Gasteiger partial charge in [0.25, 0.3) is 0 Å². The Morgan fingerprint density at radius 1 is 1.06 bits per heavy atom. The molecule has 2 aromatic heterocycles. The maximum absolute atomic E-state index is 15.4. The van der Waals surface area contributed by atoms with Gasteiger partial charge in [-0.3, -0.25) is 14.4 Å². The number of morpholine rings is 1. The predicted octanol–water partition coefficient (Wildman–Crippen LogP) is 4.00. The number of nitrogens with zero attached hydrogens (tertiary/aromatic N) is 5. The number of hydroxylamine groups is 1. The molecule has 14 nitrogen and oxygen atoms in total. The van der Waals surface area contributed by atoms with Gasteiger partial charge in [-0.25, -0.2) is 38.1 Å². The van der Waals surface area contributed by atoms with Crippen molar-refractivity contribution in [2.45, 2.75) is 64.2 Å². The third-order valence-corrected chi connectivity index (χ3v) is 9.89. The van der Waals surface area contributed by atoms with Crippen LogP contribution in [0.15, 0.2) is 24.4 Å². The van der Waals surface area contributed by atoms with Crippen LogP contribution in [0.4, 0.5) is 16.0 Å². The molecule has 1 aromatic carbocycles. The van der Waals surface area contributed by atoms with E-state index in [-0.39, 0.29) is 23.8 Å². The number of benzene rings is 1. The van der Waals surface area contributed by atoms with E-state index >= 15 is 4.39 Å². The number of ether oxygens (including phenoxy) is 3. The first-order valence-electron chi connectivity index (χ1n) is 17.3. The number of amides is 1. The van der Waals surface area contributed by atoms with E-state index in [0.29, 0.717) is 79.9 Å². The van der Waals surface area contributed by atoms with Gasteiger partial charge in [-0.15, -0.1) is 0 Å². The summed E-state index contributed by atoms with van der Waals surface area (Å²) in [6, 6.07) is 4.55. The predicted molar refractivity (Wildman–Crippen MR) is 185 cm³/mol. The Bertz CT molecular complexity index is 1750. The maximum Gasteiger partial charge on any atom is 0.243 e. The number of nitrogens with one attached hydrogen (secondary N) is 2. The lowest BCUT2D eigenvalue weighted by Crippen LogP contribution is -2.37. The molecule has 0 aliphatic carbocycles. The van der Waals surface area contributed by atoms with E-state index in [4.69, 9.17) is 29.0 Å². The number of halogens is 1. The minimum Gasteiger partial charge on any atom is -0.480 e. The van der Waals surface area contributed by atoms with Gasteiger partial charge in [-0.2, -0.15) is 0 Å². The van der Waals surface area contributed by atoms with Gasteiger partial charge >= 0.3 is 0 Å². The lowest BCUT2D eigenvalue weighted by atomic mass is 9.91. The number of carbonyl (C=O) groups excluding carboxylic acids is 1. The number of hydrogen-bond acceptors (Lipinski definition) is 12. The fourth-order valence-electron chi connectivity index (χ4n) is 6.73. The molecule has 5 heterocycles. The summed E-state index contributed by atoms with van der Waals surface area (Å²) < 4.78 is 58.4. The van der Waals surface area contributed by atoms with Crippen LogP contribution in [-0.2, 0) is 35.7 Å². The Kier molecular flexibility index (Phi) is 11.9. The van der Waals surface area contributed by atoms with Crippen molar-refractivity contribution >= 4 is 38.5 Å². The quantitative estimate of drug-likeness (QED) is 0.246. The van der Waals surface area contributed by atoms with Crippen molar-refractivity contribution in [3.05, 3.63) is 35.8 Å². The van der Waals surface area contributed by atoms with Gasteiger partial charge in [0, 0.05) is 56.2 Å². The second-order valence-corrected chi connectivity index (χ2v) is 14.9. The SMILES string of the molecule is COc1ncc(-c2nc(N3CCOCC3)nc3c(CN4CCC(CCCC(=O)NOC5CCCCO5)CC4)cc(F)cc23)cc1NS(C)(=O)=O. The number of fused-ring (bicyclic) bond motifs is 1. The van der Waals surface area contributed by atoms with Gasteiger partial charge in [0.05, 0.1) is 37.8 Å². The fraction of sp³-hybridized carbons (Fsp3) is 0.588. The van der Waals surface area contributed by atoms with Crippen LogP contribution in [0.2, 0.25) is 0 Å². The van der Waals surface area contributed by atoms with Crippen LogP contribution in [0.1, 0.15) is 56.9 Å². The van der Waals surface area contributed by atoms with E-state index in [1.54, 1.807) is 6.07 Å². The molecule has 0 spiro atoms. The van der Waals surface area contributed by atoms with Gasteiger partial charge in [0.1, 0.15) is 11.5 Å². The van der Waals surface area contributed by atoms with E-state index in [2.05, 4.69) is 20.1 Å². The number of piperidine rings is 1. The van der Waals surface area contributed by atoms with Crippen molar-refractivity contribution in [1.82, 2.24) is 25.3 Å². The summed E-state index contributed by atoms with van der Waals surface area (Å²) >= 11 is 0. The number of pyridine rings is 1. The number of aromatic nitrogens is 3. The van der Waals surface area contributed by atoms with Crippen molar-refractivity contribution in [2.75, 3.05) is 69.0 Å².